The second kappa shape index (κ2) is 7.73. The molecule has 0 saturated carbocycles. The van der Waals surface area contributed by atoms with Gasteiger partial charge < -0.3 is 5.32 Å². The Morgan fingerprint density at radius 1 is 1.41 bits per heavy atom. The van der Waals surface area contributed by atoms with E-state index in [1.807, 2.05) is 31.2 Å². The molecule has 2 rings (SSSR count). The fraction of sp³-hybridized carbons (Fsp3) is 0.429. The highest BCUT2D eigenvalue weighted by atomic mass is 79.9. The van der Waals surface area contributed by atoms with Crippen LogP contribution in [0.15, 0.2) is 33.9 Å². The highest BCUT2D eigenvalue weighted by Crippen LogP contribution is 2.23. The SMILES string of the molecule is CC(C)Cn1nnnc1SC(C)C(=O)Nc1cccc(Br)c1. The standard InChI is InChI=1S/C14H18BrN5OS/c1-9(2)8-20-14(17-18-19-20)22-10(3)13(21)16-12-6-4-5-11(15)7-12/h4-7,9-10H,8H2,1-3H3,(H,16,21). The van der Waals surface area contributed by atoms with Gasteiger partial charge in [-0.05, 0) is 41.5 Å². The Labute approximate surface area is 142 Å². The van der Waals surface area contributed by atoms with Crippen LogP contribution in [0.1, 0.15) is 20.8 Å². The summed E-state index contributed by atoms with van der Waals surface area (Å²) in [7, 11) is 0. The summed E-state index contributed by atoms with van der Waals surface area (Å²) in [5, 5.41) is 14.9. The number of thioether (sulfide) groups is 1. The lowest BCUT2D eigenvalue weighted by Gasteiger charge is -2.12. The first-order valence-corrected chi connectivity index (χ1v) is 8.62. The van der Waals surface area contributed by atoms with Gasteiger partial charge in [-0.1, -0.05) is 47.6 Å². The first kappa shape index (κ1) is 17.0. The van der Waals surface area contributed by atoms with E-state index < -0.39 is 0 Å². The summed E-state index contributed by atoms with van der Waals surface area (Å²) >= 11 is 4.74. The second-order valence-corrected chi connectivity index (χ2v) is 7.52. The number of halogens is 1. The average Bonchev–Trinajstić information content (AvgIpc) is 2.85. The number of amides is 1. The van der Waals surface area contributed by atoms with Crippen LogP contribution in [0, 0.1) is 5.92 Å². The minimum absolute atomic E-state index is 0.0813. The predicted octanol–water partition coefficient (Wildman–Crippen LogP) is 3.21. The van der Waals surface area contributed by atoms with E-state index in [4.69, 9.17) is 0 Å². The number of aromatic nitrogens is 4. The summed E-state index contributed by atoms with van der Waals surface area (Å²) in [6.07, 6.45) is 0. The Morgan fingerprint density at radius 3 is 2.86 bits per heavy atom. The zero-order chi connectivity index (χ0) is 16.1. The molecule has 1 unspecified atom stereocenters. The third kappa shape index (κ3) is 4.81. The largest absolute Gasteiger partial charge is 0.325 e. The van der Waals surface area contributed by atoms with Crippen molar-refractivity contribution in [1.82, 2.24) is 20.2 Å². The lowest BCUT2D eigenvalue weighted by molar-refractivity contribution is -0.115. The minimum Gasteiger partial charge on any atom is -0.325 e. The van der Waals surface area contributed by atoms with Crippen LogP contribution in [-0.4, -0.2) is 31.4 Å². The average molecular weight is 384 g/mol. The molecule has 1 amide bonds. The van der Waals surface area contributed by atoms with Gasteiger partial charge in [0.05, 0.1) is 5.25 Å². The van der Waals surface area contributed by atoms with Gasteiger partial charge in [0.25, 0.3) is 0 Å². The van der Waals surface area contributed by atoms with Crippen molar-refractivity contribution in [3.8, 4) is 0 Å². The normalized spacial score (nSPS) is 12.4. The molecule has 0 aliphatic carbocycles. The quantitative estimate of drug-likeness (QED) is 0.775. The van der Waals surface area contributed by atoms with Crippen LogP contribution in [-0.2, 0) is 11.3 Å². The third-order valence-electron chi connectivity index (χ3n) is 2.78. The van der Waals surface area contributed by atoms with E-state index in [1.54, 1.807) is 4.68 Å². The Bertz CT molecular complexity index is 646. The van der Waals surface area contributed by atoms with Gasteiger partial charge >= 0.3 is 0 Å². The summed E-state index contributed by atoms with van der Waals surface area (Å²) in [6, 6.07) is 7.50. The van der Waals surface area contributed by atoms with E-state index in [0.717, 1.165) is 16.7 Å². The van der Waals surface area contributed by atoms with E-state index in [2.05, 4.69) is 50.6 Å². The number of carbonyl (C=O) groups is 1. The van der Waals surface area contributed by atoms with Crippen LogP contribution in [0.2, 0.25) is 0 Å². The topological polar surface area (TPSA) is 72.7 Å². The van der Waals surface area contributed by atoms with Crippen LogP contribution in [0.4, 0.5) is 5.69 Å². The van der Waals surface area contributed by atoms with E-state index >= 15 is 0 Å². The lowest BCUT2D eigenvalue weighted by Crippen LogP contribution is -2.23. The minimum atomic E-state index is -0.295. The Morgan fingerprint density at radius 2 is 2.18 bits per heavy atom. The van der Waals surface area contributed by atoms with E-state index in [9.17, 15) is 4.79 Å². The summed E-state index contributed by atoms with van der Waals surface area (Å²) in [6.45, 7) is 6.76. The van der Waals surface area contributed by atoms with Gasteiger partial charge in [-0.3, -0.25) is 4.79 Å². The van der Waals surface area contributed by atoms with Crippen LogP contribution in [0.25, 0.3) is 0 Å². The zero-order valence-corrected chi connectivity index (χ0v) is 15.1. The number of hydrogen-bond acceptors (Lipinski definition) is 5. The first-order chi connectivity index (χ1) is 10.5. The van der Waals surface area contributed by atoms with Gasteiger partial charge in [0, 0.05) is 16.7 Å². The van der Waals surface area contributed by atoms with Crippen molar-refractivity contribution in [2.75, 3.05) is 5.32 Å². The fourth-order valence-electron chi connectivity index (χ4n) is 1.76. The van der Waals surface area contributed by atoms with Crippen LogP contribution in [0.3, 0.4) is 0 Å². The monoisotopic (exact) mass is 383 g/mol. The zero-order valence-electron chi connectivity index (χ0n) is 12.7. The second-order valence-electron chi connectivity index (χ2n) is 5.30. The van der Waals surface area contributed by atoms with E-state index in [1.165, 1.54) is 11.8 Å². The van der Waals surface area contributed by atoms with Crippen molar-refractivity contribution in [2.45, 2.75) is 37.7 Å². The van der Waals surface area contributed by atoms with Crippen LogP contribution >= 0.6 is 27.7 Å². The number of anilines is 1. The molecule has 2 aromatic rings. The Kier molecular flexibility index (Phi) is 5.96. The predicted molar refractivity (Wildman–Crippen MR) is 90.7 cm³/mol. The number of benzene rings is 1. The van der Waals surface area contributed by atoms with Gasteiger partial charge in [0.15, 0.2) is 0 Å². The highest BCUT2D eigenvalue weighted by molar-refractivity contribution is 9.10. The number of tetrazole rings is 1. The molecule has 1 aromatic heterocycles. The maximum Gasteiger partial charge on any atom is 0.237 e. The molecule has 8 heteroatoms. The molecule has 0 radical (unpaired) electrons. The molecule has 1 heterocycles. The molecule has 0 bridgehead atoms. The molecular weight excluding hydrogens is 366 g/mol. The van der Waals surface area contributed by atoms with Gasteiger partial charge in [-0.25, -0.2) is 4.68 Å². The fourth-order valence-corrected chi connectivity index (χ4v) is 2.96. The van der Waals surface area contributed by atoms with Crippen molar-refractivity contribution in [3.63, 3.8) is 0 Å². The molecule has 0 saturated heterocycles. The molecule has 1 aromatic carbocycles. The van der Waals surface area contributed by atoms with Crippen molar-refractivity contribution in [2.24, 2.45) is 5.92 Å². The molecule has 0 fully saturated rings. The van der Waals surface area contributed by atoms with Crippen LogP contribution in [0.5, 0.6) is 0 Å². The van der Waals surface area contributed by atoms with E-state index in [0.29, 0.717) is 11.1 Å². The smallest absolute Gasteiger partial charge is 0.237 e. The molecule has 6 nitrogen and oxygen atoms in total. The van der Waals surface area contributed by atoms with Gasteiger partial charge in [0.2, 0.25) is 11.1 Å². The maximum atomic E-state index is 12.3. The Balaban J connectivity index is 1.98. The number of rotatable bonds is 6. The summed E-state index contributed by atoms with van der Waals surface area (Å²) < 4.78 is 2.66. The molecule has 0 spiro atoms. The van der Waals surface area contributed by atoms with E-state index in [-0.39, 0.29) is 11.2 Å². The number of nitrogens with one attached hydrogen (secondary N) is 1. The third-order valence-corrected chi connectivity index (χ3v) is 4.34. The summed E-state index contributed by atoms with van der Waals surface area (Å²) in [5.74, 6) is 0.357. The number of nitrogens with zero attached hydrogens (tertiary/aromatic N) is 4. The van der Waals surface area contributed by atoms with Gasteiger partial charge in [-0.15, -0.1) is 5.10 Å². The molecule has 0 aliphatic rings. The van der Waals surface area contributed by atoms with Gasteiger partial charge in [0.1, 0.15) is 0 Å². The Hall–Kier alpha value is -1.41. The first-order valence-electron chi connectivity index (χ1n) is 6.95. The van der Waals surface area contributed by atoms with Gasteiger partial charge in [-0.2, -0.15) is 0 Å². The molecule has 0 aliphatic heterocycles. The molecule has 118 valence electrons. The maximum absolute atomic E-state index is 12.3. The molecule has 22 heavy (non-hydrogen) atoms. The highest BCUT2D eigenvalue weighted by Gasteiger charge is 2.19. The molecule has 1 atom stereocenters. The molecular formula is C14H18BrN5OS. The van der Waals surface area contributed by atoms with Crippen molar-refractivity contribution >= 4 is 39.3 Å². The molecule has 1 N–H and O–H groups in total. The van der Waals surface area contributed by atoms with Crippen molar-refractivity contribution in [1.29, 1.82) is 0 Å². The number of carbonyl (C=O) groups excluding carboxylic acids is 1. The van der Waals surface area contributed by atoms with Crippen molar-refractivity contribution < 1.29 is 4.79 Å². The summed E-state index contributed by atoms with van der Waals surface area (Å²) in [5.41, 5.74) is 0.758. The lowest BCUT2D eigenvalue weighted by atomic mass is 10.2. The van der Waals surface area contributed by atoms with Crippen molar-refractivity contribution in [3.05, 3.63) is 28.7 Å². The number of hydrogen-bond donors (Lipinski definition) is 1. The van der Waals surface area contributed by atoms with Crippen LogP contribution < -0.4 is 5.32 Å². The summed E-state index contributed by atoms with van der Waals surface area (Å²) in [4.78, 5) is 12.3.